The minimum atomic E-state index is -0.406. The Hall–Kier alpha value is -4.81. The van der Waals surface area contributed by atoms with Crippen LogP contribution in [0.2, 0.25) is 0 Å². The largest absolute Gasteiger partial charge is 0.508 e. The van der Waals surface area contributed by atoms with Crippen molar-refractivity contribution in [1.29, 1.82) is 0 Å². The van der Waals surface area contributed by atoms with Crippen molar-refractivity contribution >= 4 is 22.4 Å². The number of rotatable bonds is 9. The number of hydrogen-bond acceptors (Lipinski definition) is 6. The number of carbonyl (C=O) groups is 1. The van der Waals surface area contributed by atoms with Crippen LogP contribution in [-0.4, -0.2) is 42.2 Å². The Morgan fingerprint density at radius 2 is 1.50 bits per heavy atom. The normalized spacial score (nSPS) is 13.5. The number of benzene rings is 5. The van der Waals surface area contributed by atoms with E-state index in [1.807, 2.05) is 72.8 Å². The monoisotopic (exact) mass is 558 g/mol. The second-order valence-corrected chi connectivity index (χ2v) is 10.6. The fourth-order valence-corrected chi connectivity index (χ4v) is 5.45. The molecule has 1 aliphatic rings. The van der Waals surface area contributed by atoms with Crippen LogP contribution in [0.1, 0.15) is 29.6 Å². The number of nitrogens with one attached hydrogen (secondary N) is 1. The lowest BCUT2D eigenvalue weighted by Gasteiger charge is -2.27. The van der Waals surface area contributed by atoms with Crippen LogP contribution in [0.3, 0.4) is 0 Å². The summed E-state index contributed by atoms with van der Waals surface area (Å²) in [5.74, 6) is 1.65. The van der Waals surface area contributed by atoms with E-state index in [4.69, 9.17) is 9.47 Å². The third-order valence-electron chi connectivity index (χ3n) is 7.60. The van der Waals surface area contributed by atoms with Gasteiger partial charge in [0.2, 0.25) is 0 Å². The van der Waals surface area contributed by atoms with Gasteiger partial charge in [0, 0.05) is 29.7 Å². The first-order chi connectivity index (χ1) is 20.6. The van der Waals surface area contributed by atoms with Crippen LogP contribution in [-0.2, 0) is 0 Å². The van der Waals surface area contributed by atoms with Crippen molar-refractivity contribution < 1.29 is 19.4 Å². The van der Waals surface area contributed by atoms with E-state index in [1.165, 1.54) is 19.3 Å². The van der Waals surface area contributed by atoms with Crippen LogP contribution in [0.25, 0.3) is 21.9 Å². The predicted octanol–water partition coefficient (Wildman–Crippen LogP) is 8.12. The second kappa shape index (κ2) is 12.8. The molecule has 5 aromatic rings. The lowest BCUT2D eigenvalue weighted by molar-refractivity contribution is 0.0735. The van der Waals surface area contributed by atoms with Gasteiger partial charge in [0.1, 0.15) is 23.0 Å². The number of fused-ring (bicyclic) bond motifs is 1. The highest BCUT2D eigenvalue weighted by molar-refractivity contribution is 6.02. The molecule has 0 radical (unpaired) electrons. The molecule has 2 N–H and O–H groups in total. The number of piperidine rings is 1. The van der Waals surface area contributed by atoms with E-state index in [-0.39, 0.29) is 5.75 Å². The number of phenols is 1. The van der Waals surface area contributed by atoms with Gasteiger partial charge in [-0.2, -0.15) is 0 Å². The minimum Gasteiger partial charge on any atom is -0.508 e. The predicted molar refractivity (Wildman–Crippen MR) is 168 cm³/mol. The summed E-state index contributed by atoms with van der Waals surface area (Å²) in [6.45, 7) is 3.96. The highest BCUT2D eigenvalue weighted by atomic mass is 16.5. The molecule has 0 amide bonds. The summed E-state index contributed by atoms with van der Waals surface area (Å²) in [5, 5.41) is 15.5. The molecule has 0 aromatic heterocycles. The molecule has 0 unspecified atom stereocenters. The summed E-state index contributed by atoms with van der Waals surface area (Å²) in [5.41, 5.74) is 3.22. The van der Waals surface area contributed by atoms with Gasteiger partial charge < -0.3 is 24.8 Å². The third kappa shape index (κ3) is 6.40. The maximum Gasteiger partial charge on any atom is 0.343 e. The van der Waals surface area contributed by atoms with Crippen LogP contribution < -0.4 is 14.8 Å². The number of hydrogen-bond donors (Lipinski definition) is 2. The molecule has 0 aliphatic carbocycles. The smallest absolute Gasteiger partial charge is 0.343 e. The van der Waals surface area contributed by atoms with Crippen molar-refractivity contribution in [2.24, 2.45) is 0 Å². The molecule has 5 aromatic carbocycles. The number of anilines is 1. The number of nitrogens with zero attached hydrogens (tertiary/aromatic N) is 1. The molecular weight excluding hydrogens is 524 g/mol. The number of aromatic hydroxyl groups is 1. The molecule has 1 heterocycles. The van der Waals surface area contributed by atoms with E-state index in [9.17, 15) is 9.90 Å². The van der Waals surface area contributed by atoms with Gasteiger partial charge in [-0.3, -0.25) is 0 Å². The maximum atomic E-state index is 12.8. The van der Waals surface area contributed by atoms with E-state index in [0.717, 1.165) is 53.8 Å². The highest BCUT2D eigenvalue weighted by Crippen LogP contribution is 2.45. The SMILES string of the molecule is O=C(Oc1ccc2c(Oc3ccccc3)c(-c3ccc(O)cc3)c(NCCN3CCCCC3)cc2c1)c1ccccc1. The Morgan fingerprint density at radius 1 is 0.786 bits per heavy atom. The molecule has 0 atom stereocenters. The van der Waals surface area contributed by atoms with E-state index >= 15 is 0 Å². The van der Waals surface area contributed by atoms with E-state index in [1.54, 1.807) is 30.3 Å². The molecule has 0 saturated carbocycles. The summed E-state index contributed by atoms with van der Waals surface area (Å²) in [6, 6.07) is 33.6. The molecule has 1 fully saturated rings. The fraction of sp³-hybridized carbons (Fsp3) is 0.194. The van der Waals surface area contributed by atoms with Crippen molar-refractivity contribution in [3.63, 3.8) is 0 Å². The molecule has 0 spiro atoms. The highest BCUT2D eigenvalue weighted by Gasteiger charge is 2.20. The van der Waals surface area contributed by atoms with Gasteiger partial charge in [-0.15, -0.1) is 0 Å². The molecule has 0 bridgehead atoms. The summed E-state index contributed by atoms with van der Waals surface area (Å²) in [6.07, 6.45) is 3.79. The Morgan fingerprint density at radius 3 is 2.24 bits per heavy atom. The summed E-state index contributed by atoms with van der Waals surface area (Å²) >= 11 is 0. The van der Waals surface area contributed by atoms with E-state index in [0.29, 0.717) is 22.8 Å². The standard InChI is InChI=1S/C36H34N2O4/c39-29-16-14-26(15-17-29)34-33(37-20-23-38-21-8-3-9-22-38)25-28-24-31(42-36(40)27-10-4-1-5-11-27)18-19-32(28)35(34)41-30-12-6-2-7-13-30/h1-2,4-7,10-19,24-25,37,39H,3,8-9,20-23H2. The quantitative estimate of drug-likeness (QED) is 0.141. The number of phenolic OH excluding ortho intramolecular Hbond substituents is 1. The van der Waals surface area contributed by atoms with Crippen LogP contribution in [0, 0.1) is 0 Å². The average molecular weight is 559 g/mol. The van der Waals surface area contributed by atoms with Crippen LogP contribution >= 0.6 is 0 Å². The zero-order valence-electron chi connectivity index (χ0n) is 23.5. The first kappa shape index (κ1) is 27.4. The Kier molecular flexibility index (Phi) is 8.33. The first-order valence-electron chi connectivity index (χ1n) is 14.5. The minimum absolute atomic E-state index is 0.203. The number of carbonyl (C=O) groups excluding carboxylic acids is 1. The van der Waals surface area contributed by atoms with Crippen molar-refractivity contribution in [2.75, 3.05) is 31.5 Å². The van der Waals surface area contributed by atoms with Gasteiger partial charge in [-0.25, -0.2) is 4.79 Å². The Labute approximate surface area is 246 Å². The topological polar surface area (TPSA) is 71.0 Å². The lowest BCUT2D eigenvalue weighted by Crippen LogP contribution is -2.33. The average Bonchev–Trinajstić information content (AvgIpc) is 3.03. The molecule has 6 rings (SSSR count). The zero-order valence-corrected chi connectivity index (χ0v) is 23.5. The fourth-order valence-electron chi connectivity index (χ4n) is 5.45. The van der Waals surface area contributed by atoms with Gasteiger partial charge in [-0.05, 0) is 97.5 Å². The number of likely N-dealkylation sites (tertiary alicyclic amines) is 1. The molecule has 1 aliphatic heterocycles. The van der Waals surface area contributed by atoms with Crippen LogP contribution in [0.4, 0.5) is 5.69 Å². The Balaban J connectivity index is 1.43. The lowest BCUT2D eigenvalue weighted by atomic mass is 9.96. The van der Waals surface area contributed by atoms with Crippen molar-refractivity contribution in [3.05, 3.63) is 115 Å². The van der Waals surface area contributed by atoms with Crippen LogP contribution in [0.5, 0.6) is 23.0 Å². The third-order valence-corrected chi connectivity index (χ3v) is 7.60. The van der Waals surface area contributed by atoms with E-state index < -0.39 is 5.97 Å². The number of esters is 1. The van der Waals surface area contributed by atoms with Gasteiger partial charge in [0.15, 0.2) is 0 Å². The summed E-state index contributed by atoms with van der Waals surface area (Å²) in [7, 11) is 0. The molecule has 212 valence electrons. The molecule has 42 heavy (non-hydrogen) atoms. The molecule has 6 nitrogen and oxygen atoms in total. The van der Waals surface area contributed by atoms with Crippen molar-refractivity contribution in [1.82, 2.24) is 4.90 Å². The number of ether oxygens (including phenoxy) is 2. The first-order valence-corrected chi connectivity index (χ1v) is 14.5. The van der Waals surface area contributed by atoms with Crippen molar-refractivity contribution in [2.45, 2.75) is 19.3 Å². The molecule has 1 saturated heterocycles. The summed E-state index contributed by atoms with van der Waals surface area (Å²) < 4.78 is 12.4. The van der Waals surface area contributed by atoms with Gasteiger partial charge in [0.05, 0.1) is 5.56 Å². The maximum absolute atomic E-state index is 12.8. The van der Waals surface area contributed by atoms with Crippen molar-refractivity contribution in [3.8, 4) is 34.1 Å². The van der Waals surface area contributed by atoms with E-state index in [2.05, 4.69) is 16.3 Å². The Bertz CT molecular complexity index is 1650. The number of para-hydroxylation sites is 1. The molecular formula is C36H34N2O4. The summed E-state index contributed by atoms with van der Waals surface area (Å²) in [4.78, 5) is 15.3. The molecule has 6 heteroatoms. The second-order valence-electron chi connectivity index (χ2n) is 10.6. The van der Waals surface area contributed by atoms with Crippen LogP contribution in [0.15, 0.2) is 109 Å². The van der Waals surface area contributed by atoms with Gasteiger partial charge in [0.25, 0.3) is 0 Å². The van der Waals surface area contributed by atoms with Gasteiger partial charge >= 0.3 is 5.97 Å². The van der Waals surface area contributed by atoms with Gasteiger partial charge in [-0.1, -0.05) is 55.0 Å². The zero-order chi connectivity index (χ0) is 28.7.